The molecule has 0 spiro atoms. The SMILES string of the molecule is O=C(NC1(CO)CCCC1)c1ccc(=O)[nH]c1. The zero-order chi connectivity index (χ0) is 12.3. The number of aliphatic hydroxyl groups excluding tert-OH is 1. The second-order valence-electron chi connectivity index (χ2n) is 4.54. The summed E-state index contributed by atoms with van der Waals surface area (Å²) in [7, 11) is 0. The first-order valence-electron chi connectivity index (χ1n) is 5.77. The number of carbonyl (C=O) groups excluding carboxylic acids is 1. The van der Waals surface area contributed by atoms with Crippen LogP contribution in [-0.2, 0) is 0 Å². The van der Waals surface area contributed by atoms with Gasteiger partial charge in [0.25, 0.3) is 5.91 Å². The first kappa shape index (κ1) is 11.9. The third-order valence-electron chi connectivity index (χ3n) is 3.29. The van der Waals surface area contributed by atoms with Crippen molar-refractivity contribution in [3.8, 4) is 0 Å². The van der Waals surface area contributed by atoms with Crippen LogP contribution in [0.3, 0.4) is 0 Å². The molecule has 1 fully saturated rings. The third-order valence-corrected chi connectivity index (χ3v) is 3.29. The van der Waals surface area contributed by atoms with E-state index < -0.39 is 5.54 Å². The van der Waals surface area contributed by atoms with Crippen LogP contribution >= 0.6 is 0 Å². The molecule has 1 aromatic heterocycles. The van der Waals surface area contributed by atoms with Gasteiger partial charge in [0.2, 0.25) is 5.56 Å². The molecular formula is C12H16N2O3. The van der Waals surface area contributed by atoms with Gasteiger partial charge in [-0.3, -0.25) is 9.59 Å². The molecule has 1 aliphatic carbocycles. The lowest BCUT2D eigenvalue weighted by Gasteiger charge is -2.27. The van der Waals surface area contributed by atoms with Gasteiger partial charge in [0, 0.05) is 12.3 Å². The van der Waals surface area contributed by atoms with E-state index in [-0.39, 0.29) is 18.1 Å². The lowest BCUT2D eigenvalue weighted by molar-refractivity contribution is 0.0838. The van der Waals surface area contributed by atoms with Gasteiger partial charge in [0.1, 0.15) is 0 Å². The van der Waals surface area contributed by atoms with Gasteiger partial charge in [0.05, 0.1) is 17.7 Å². The number of aromatic amines is 1. The molecule has 1 heterocycles. The minimum Gasteiger partial charge on any atom is -0.394 e. The van der Waals surface area contributed by atoms with Crippen molar-refractivity contribution in [2.24, 2.45) is 0 Å². The maximum atomic E-state index is 11.9. The molecule has 1 amide bonds. The maximum absolute atomic E-state index is 11.9. The number of hydrogen-bond donors (Lipinski definition) is 3. The fraction of sp³-hybridized carbons (Fsp3) is 0.500. The van der Waals surface area contributed by atoms with E-state index >= 15 is 0 Å². The van der Waals surface area contributed by atoms with E-state index in [1.807, 2.05) is 0 Å². The number of rotatable bonds is 3. The normalized spacial score (nSPS) is 17.9. The Morgan fingerprint density at radius 1 is 1.41 bits per heavy atom. The Morgan fingerprint density at radius 2 is 2.12 bits per heavy atom. The van der Waals surface area contributed by atoms with Crippen molar-refractivity contribution in [3.63, 3.8) is 0 Å². The van der Waals surface area contributed by atoms with E-state index in [0.29, 0.717) is 5.56 Å². The summed E-state index contributed by atoms with van der Waals surface area (Å²) in [5.41, 5.74) is -0.309. The number of pyridine rings is 1. The minimum atomic E-state index is -0.479. The fourth-order valence-electron chi connectivity index (χ4n) is 2.24. The smallest absolute Gasteiger partial charge is 0.253 e. The van der Waals surface area contributed by atoms with Crippen molar-refractivity contribution < 1.29 is 9.90 Å². The number of nitrogens with one attached hydrogen (secondary N) is 2. The van der Waals surface area contributed by atoms with Gasteiger partial charge in [0.15, 0.2) is 0 Å². The van der Waals surface area contributed by atoms with Crippen LogP contribution in [0.5, 0.6) is 0 Å². The van der Waals surface area contributed by atoms with Gasteiger partial charge < -0.3 is 15.4 Å². The summed E-state index contributed by atoms with van der Waals surface area (Å²) in [4.78, 5) is 25.3. The average Bonchev–Trinajstić information content (AvgIpc) is 2.79. The van der Waals surface area contributed by atoms with E-state index in [9.17, 15) is 14.7 Å². The van der Waals surface area contributed by atoms with Crippen molar-refractivity contribution in [1.82, 2.24) is 10.3 Å². The molecule has 0 saturated heterocycles. The van der Waals surface area contributed by atoms with E-state index in [0.717, 1.165) is 25.7 Å². The number of amides is 1. The first-order valence-corrected chi connectivity index (χ1v) is 5.77. The van der Waals surface area contributed by atoms with E-state index in [4.69, 9.17) is 0 Å². The maximum Gasteiger partial charge on any atom is 0.253 e. The zero-order valence-corrected chi connectivity index (χ0v) is 9.53. The molecular weight excluding hydrogens is 220 g/mol. The monoisotopic (exact) mass is 236 g/mol. The molecule has 0 bridgehead atoms. The highest BCUT2D eigenvalue weighted by Crippen LogP contribution is 2.29. The molecule has 1 aliphatic rings. The van der Waals surface area contributed by atoms with Gasteiger partial charge in [-0.2, -0.15) is 0 Å². The predicted octanol–water partition coefficient (Wildman–Crippen LogP) is 0.410. The fourth-order valence-corrected chi connectivity index (χ4v) is 2.24. The summed E-state index contributed by atoms with van der Waals surface area (Å²) in [6.07, 6.45) is 5.04. The number of carbonyl (C=O) groups is 1. The van der Waals surface area contributed by atoms with Crippen molar-refractivity contribution in [1.29, 1.82) is 0 Å². The summed E-state index contributed by atoms with van der Waals surface area (Å²) in [5.74, 6) is -0.253. The lowest BCUT2D eigenvalue weighted by atomic mass is 9.98. The molecule has 0 radical (unpaired) electrons. The molecule has 0 atom stereocenters. The van der Waals surface area contributed by atoms with Crippen LogP contribution < -0.4 is 10.9 Å². The minimum absolute atomic E-state index is 0.0396. The summed E-state index contributed by atoms with van der Waals surface area (Å²) in [5, 5.41) is 12.3. The molecule has 92 valence electrons. The molecule has 1 aromatic rings. The average molecular weight is 236 g/mol. The molecule has 5 heteroatoms. The van der Waals surface area contributed by atoms with Gasteiger partial charge in [-0.15, -0.1) is 0 Å². The topological polar surface area (TPSA) is 82.2 Å². The number of hydrogen-bond acceptors (Lipinski definition) is 3. The lowest BCUT2D eigenvalue weighted by Crippen LogP contribution is -2.49. The Kier molecular flexibility index (Phi) is 3.28. The van der Waals surface area contributed by atoms with Crippen molar-refractivity contribution >= 4 is 5.91 Å². The quantitative estimate of drug-likeness (QED) is 0.711. The number of aliphatic hydroxyl groups is 1. The zero-order valence-electron chi connectivity index (χ0n) is 9.53. The Morgan fingerprint density at radius 3 is 2.65 bits per heavy atom. The second-order valence-corrected chi connectivity index (χ2v) is 4.54. The van der Waals surface area contributed by atoms with Crippen LogP contribution in [0.2, 0.25) is 0 Å². The van der Waals surface area contributed by atoms with Crippen LogP contribution in [0.25, 0.3) is 0 Å². The van der Waals surface area contributed by atoms with E-state index in [1.165, 1.54) is 18.3 Å². The molecule has 0 aliphatic heterocycles. The van der Waals surface area contributed by atoms with Crippen LogP contribution in [0.15, 0.2) is 23.1 Å². The van der Waals surface area contributed by atoms with Crippen LogP contribution in [0.1, 0.15) is 36.0 Å². The summed E-state index contributed by atoms with van der Waals surface area (Å²) < 4.78 is 0. The molecule has 5 nitrogen and oxygen atoms in total. The number of H-pyrrole nitrogens is 1. The third kappa shape index (κ3) is 2.55. The Bertz CT molecular complexity index is 441. The predicted molar refractivity (Wildman–Crippen MR) is 62.8 cm³/mol. The van der Waals surface area contributed by atoms with Gasteiger partial charge >= 0.3 is 0 Å². The first-order chi connectivity index (χ1) is 8.15. The molecule has 3 N–H and O–H groups in total. The highest BCUT2D eigenvalue weighted by atomic mass is 16.3. The number of aromatic nitrogens is 1. The van der Waals surface area contributed by atoms with E-state index in [1.54, 1.807) is 0 Å². The van der Waals surface area contributed by atoms with Gasteiger partial charge in [-0.05, 0) is 18.9 Å². The standard InChI is InChI=1S/C12H16N2O3/c15-8-12(5-1-2-6-12)14-11(17)9-3-4-10(16)13-7-9/h3-4,7,15H,1-2,5-6,8H2,(H,13,16)(H,14,17). The Hall–Kier alpha value is -1.62. The van der Waals surface area contributed by atoms with Gasteiger partial charge in [-0.1, -0.05) is 12.8 Å². The second kappa shape index (κ2) is 4.71. The molecule has 17 heavy (non-hydrogen) atoms. The summed E-state index contributed by atoms with van der Waals surface area (Å²) in [6, 6.07) is 2.80. The van der Waals surface area contributed by atoms with Crippen LogP contribution in [-0.4, -0.2) is 28.1 Å². The highest BCUT2D eigenvalue weighted by Gasteiger charge is 2.34. The molecule has 0 unspecified atom stereocenters. The molecule has 0 aromatic carbocycles. The van der Waals surface area contributed by atoms with Crippen molar-refractivity contribution in [2.45, 2.75) is 31.2 Å². The largest absolute Gasteiger partial charge is 0.394 e. The van der Waals surface area contributed by atoms with Gasteiger partial charge in [-0.25, -0.2) is 0 Å². The van der Waals surface area contributed by atoms with Crippen molar-refractivity contribution in [3.05, 3.63) is 34.2 Å². The Balaban J connectivity index is 2.10. The van der Waals surface area contributed by atoms with Crippen molar-refractivity contribution in [2.75, 3.05) is 6.61 Å². The van der Waals surface area contributed by atoms with Crippen LogP contribution in [0.4, 0.5) is 0 Å². The molecule has 1 saturated carbocycles. The molecule has 2 rings (SSSR count). The highest BCUT2D eigenvalue weighted by molar-refractivity contribution is 5.94. The Labute approximate surface area is 98.9 Å². The summed E-state index contributed by atoms with van der Waals surface area (Å²) >= 11 is 0. The van der Waals surface area contributed by atoms with E-state index in [2.05, 4.69) is 10.3 Å². The summed E-state index contributed by atoms with van der Waals surface area (Å²) in [6.45, 7) is -0.0396. The van der Waals surface area contributed by atoms with Crippen LogP contribution in [0, 0.1) is 0 Å².